The van der Waals surface area contributed by atoms with Crippen LogP contribution < -0.4 is 14.8 Å². The molecule has 3 rings (SSSR count). The number of amides is 1. The smallest absolute Gasteiger partial charge is 0.353 e. The molecular formula is C19H32N4O6S2. The van der Waals surface area contributed by atoms with Gasteiger partial charge < -0.3 is 20.4 Å². The fraction of sp³-hybridized carbons (Fsp3) is 0.789. The van der Waals surface area contributed by atoms with Crippen molar-refractivity contribution >= 4 is 33.8 Å². The van der Waals surface area contributed by atoms with Crippen LogP contribution in [0.2, 0.25) is 0 Å². The molecule has 2 fully saturated rings. The summed E-state index contributed by atoms with van der Waals surface area (Å²) in [4.78, 5) is 26.3. The standard InChI is InChI=1S/C19H32N4O6S2/c1-9-14-13(10(2)24)17(25)23(14)15(18(26)27)16(9)30-12-6-11(20-8-12)7-21-31(28,29)22-19(3,4)5/h9-14,20-22,24H,6-8H2,1-5H3,(H,26,27)/t9-,10-,11+,12-,13-,14-/m1/s1. The normalized spacial score (nSPS) is 32.3. The Balaban J connectivity index is 1.63. The zero-order valence-electron chi connectivity index (χ0n) is 18.4. The molecule has 0 unspecified atom stereocenters. The second kappa shape index (κ2) is 8.64. The highest BCUT2D eigenvalue weighted by Crippen LogP contribution is 2.51. The van der Waals surface area contributed by atoms with Gasteiger partial charge in [0, 0.05) is 40.7 Å². The fourth-order valence-electron chi connectivity index (χ4n) is 4.54. The van der Waals surface area contributed by atoms with Gasteiger partial charge in [-0.05, 0) is 34.1 Å². The molecule has 3 heterocycles. The number of nitrogens with one attached hydrogen (secondary N) is 3. The summed E-state index contributed by atoms with van der Waals surface area (Å²) in [6, 6.07) is -0.412. The molecule has 6 atom stereocenters. The summed E-state index contributed by atoms with van der Waals surface area (Å²) < 4.78 is 29.4. The third-order valence-corrected chi connectivity index (χ3v) is 8.69. The Bertz CT molecular complexity index is 882. The van der Waals surface area contributed by atoms with Crippen molar-refractivity contribution in [3.05, 3.63) is 10.6 Å². The third kappa shape index (κ3) is 5.09. The van der Waals surface area contributed by atoms with Gasteiger partial charge in [0.2, 0.25) is 5.91 Å². The van der Waals surface area contributed by atoms with Crippen LogP contribution in [-0.2, 0) is 19.8 Å². The number of aliphatic hydroxyl groups is 1. The highest BCUT2D eigenvalue weighted by atomic mass is 32.2. The largest absolute Gasteiger partial charge is 0.477 e. The second-order valence-corrected chi connectivity index (χ2v) is 12.4. The molecule has 3 aliphatic heterocycles. The molecule has 3 aliphatic rings. The van der Waals surface area contributed by atoms with Gasteiger partial charge in [-0.25, -0.2) is 9.52 Å². The molecule has 12 heteroatoms. The average Bonchev–Trinajstić information content (AvgIpc) is 3.13. The lowest BCUT2D eigenvalue weighted by molar-refractivity contribution is -0.163. The monoisotopic (exact) mass is 476 g/mol. The number of carbonyl (C=O) groups is 2. The predicted octanol–water partition coefficient (Wildman–Crippen LogP) is -0.174. The van der Waals surface area contributed by atoms with Crippen molar-refractivity contribution in [3.63, 3.8) is 0 Å². The molecule has 2 saturated heterocycles. The van der Waals surface area contributed by atoms with E-state index in [2.05, 4.69) is 14.8 Å². The van der Waals surface area contributed by atoms with E-state index < -0.39 is 33.7 Å². The highest BCUT2D eigenvalue weighted by molar-refractivity contribution is 8.03. The summed E-state index contributed by atoms with van der Waals surface area (Å²) in [6.45, 7) is 9.56. The van der Waals surface area contributed by atoms with Gasteiger partial charge in [-0.2, -0.15) is 13.1 Å². The van der Waals surface area contributed by atoms with Gasteiger partial charge in [0.1, 0.15) is 5.70 Å². The predicted molar refractivity (Wildman–Crippen MR) is 117 cm³/mol. The van der Waals surface area contributed by atoms with Crippen molar-refractivity contribution in [1.82, 2.24) is 19.7 Å². The van der Waals surface area contributed by atoms with Crippen LogP contribution in [0.3, 0.4) is 0 Å². The van der Waals surface area contributed by atoms with E-state index in [9.17, 15) is 28.2 Å². The van der Waals surface area contributed by atoms with Crippen LogP contribution in [0.15, 0.2) is 10.6 Å². The molecule has 0 aromatic rings. The van der Waals surface area contributed by atoms with Crippen molar-refractivity contribution in [1.29, 1.82) is 0 Å². The topological polar surface area (TPSA) is 148 Å². The Labute approximate surface area is 187 Å². The molecule has 0 saturated carbocycles. The van der Waals surface area contributed by atoms with Crippen molar-refractivity contribution in [2.75, 3.05) is 13.1 Å². The van der Waals surface area contributed by atoms with Crippen molar-refractivity contribution in [2.45, 2.75) is 70.0 Å². The van der Waals surface area contributed by atoms with Gasteiger partial charge in [0.15, 0.2) is 0 Å². The van der Waals surface area contributed by atoms with Crippen molar-refractivity contribution in [3.8, 4) is 0 Å². The lowest BCUT2D eigenvalue weighted by Crippen LogP contribution is -2.63. The summed E-state index contributed by atoms with van der Waals surface area (Å²) in [5.41, 5.74) is -0.565. The van der Waals surface area contributed by atoms with E-state index in [0.29, 0.717) is 17.9 Å². The third-order valence-electron chi connectivity index (χ3n) is 5.75. The summed E-state index contributed by atoms with van der Waals surface area (Å²) >= 11 is 1.44. The van der Waals surface area contributed by atoms with E-state index in [1.807, 2.05) is 6.92 Å². The first-order valence-corrected chi connectivity index (χ1v) is 12.8. The lowest BCUT2D eigenvalue weighted by Gasteiger charge is -2.46. The van der Waals surface area contributed by atoms with Gasteiger partial charge >= 0.3 is 5.97 Å². The Morgan fingerprint density at radius 1 is 1.39 bits per heavy atom. The van der Waals surface area contributed by atoms with Crippen LogP contribution in [-0.4, -0.2) is 77.5 Å². The molecule has 176 valence electrons. The number of aliphatic carboxylic acids is 1. The second-order valence-electron chi connectivity index (χ2n) is 9.56. The van der Waals surface area contributed by atoms with Crippen molar-refractivity contribution in [2.24, 2.45) is 11.8 Å². The van der Waals surface area contributed by atoms with Crippen LogP contribution in [0.4, 0.5) is 0 Å². The number of aliphatic hydroxyl groups excluding tert-OH is 1. The number of hydrogen-bond acceptors (Lipinski definition) is 7. The first kappa shape index (κ1) is 24.5. The van der Waals surface area contributed by atoms with Crippen LogP contribution in [0.25, 0.3) is 0 Å². The summed E-state index contributed by atoms with van der Waals surface area (Å²) in [7, 11) is -3.62. The molecular weight excluding hydrogens is 444 g/mol. The molecule has 0 aliphatic carbocycles. The summed E-state index contributed by atoms with van der Waals surface area (Å²) in [5.74, 6) is -2.25. The van der Waals surface area contributed by atoms with Crippen molar-refractivity contribution < 1.29 is 28.2 Å². The summed E-state index contributed by atoms with van der Waals surface area (Å²) in [6.07, 6.45) is -0.174. The van der Waals surface area contributed by atoms with E-state index in [1.54, 1.807) is 27.7 Å². The van der Waals surface area contributed by atoms with E-state index in [0.717, 1.165) is 0 Å². The SMILES string of the molecule is C[C@@H](O)[C@H]1C(=O)N2C(C(=O)O)=C(S[C@H]3CN[C@H](CNS(=O)(=O)NC(C)(C)C)C3)[C@H](C)[C@H]12. The van der Waals surface area contributed by atoms with Crippen LogP contribution in [0.1, 0.15) is 41.0 Å². The number of hydrogen-bond donors (Lipinski definition) is 5. The maximum atomic E-state index is 12.4. The molecule has 0 spiro atoms. The number of thioether (sulfide) groups is 1. The lowest BCUT2D eigenvalue weighted by atomic mass is 9.79. The molecule has 5 N–H and O–H groups in total. The minimum Gasteiger partial charge on any atom is -0.477 e. The number of carboxylic acid groups (broad SMARTS) is 1. The number of carboxylic acids is 1. The van der Waals surface area contributed by atoms with Crippen LogP contribution in [0, 0.1) is 11.8 Å². The molecule has 31 heavy (non-hydrogen) atoms. The van der Waals surface area contributed by atoms with Crippen LogP contribution in [0.5, 0.6) is 0 Å². The Morgan fingerprint density at radius 3 is 2.58 bits per heavy atom. The molecule has 0 aromatic heterocycles. The Morgan fingerprint density at radius 2 is 2.03 bits per heavy atom. The van der Waals surface area contributed by atoms with Gasteiger partial charge in [-0.15, -0.1) is 11.8 Å². The number of rotatable bonds is 8. The number of nitrogens with zero attached hydrogens (tertiary/aromatic N) is 1. The quantitative estimate of drug-likeness (QED) is 0.303. The maximum Gasteiger partial charge on any atom is 0.353 e. The minimum atomic E-state index is -3.62. The Kier molecular flexibility index (Phi) is 6.82. The number of carbonyl (C=O) groups excluding carboxylic acids is 1. The van der Waals surface area contributed by atoms with Gasteiger partial charge in [-0.3, -0.25) is 4.79 Å². The molecule has 0 radical (unpaired) electrons. The fourth-order valence-corrected chi connectivity index (χ4v) is 7.35. The Hall–Kier alpha value is -1.18. The molecule has 0 bridgehead atoms. The zero-order valence-corrected chi connectivity index (χ0v) is 20.0. The van der Waals surface area contributed by atoms with E-state index >= 15 is 0 Å². The highest BCUT2D eigenvalue weighted by Gasteiger charge is 2.60. The number of fused-ring (bicyclic) bond motifs is 1. The average molecular weight is 477 g/mol. The van der Waals surface area contributed by atoms with Gasteiger partial charge in [0.05, 0.1) is 18.1 Å². The van der Waals surface area contributed by atoms with E-state index in [-0.39, 0.29) is 41.4 Å². The number of β-lactam (4-membered cyclic amide) rings is 1. The first-order valence-electron chi connectivity index (χ1n) is 10.4. The van der Waals surface area contributed by atoms with E-state index in [1.165, 1.54) is 16.7 Å². The summed E-state index contributed by atoms with van der Waals surface area (Å²) in [5, 5.41) is 23.0. The van der Waals surface area contributed by atoms with Gasteiger partial charge in [0.25, 0.3) is 10.2 Å². The molecule has 0 aromatic carbocycles. The molecule has 1 amide bonds. The first-order chi connectivity index (χ1) is 14.2. The maximum absolute atomic E-state index is 12.4. The van der Waals surface area contributed by atoms with Gasteiger partial charge in [-0.1, -0.05) is 6.92 Å². The molecule has 10 nitrogen and oxygen atoms in total. The van der Waals surface area contributed by atoms with E-state index in [4.69, 9.17) is 0 Å². The van der Waals surface area contributed by atoms with Crippen LogP contribution >= 0.6 is 11.8 Å². The zero-order chi connectivity index (χ0) is 23.3. The minimum absolute atomic E-state index is 0.0166.